The van der Waals surface area contributed by atoms with E-state index in [0.29, 0.717) is 0 Å². The molecule has 0 fully saturated rings. The van der Waals surface area contributed by atoms with Crippen LogP contribution in [0, 0.1) is 0 Å². The van der Waals surface area contributed by atoms with Crippen molar-refractivity contribution in [1.29, 1.82) is 0 Å². The quantitative estimate of drug-likeness (QED) is 0.451. The highest BCUT2D eigenvalue weighted by molar-refractivity contribution is 7.59. The maximum absolute atomic E-state index is 2.35. The minimum atomic E-state index is 0. The van der Waals surface area contributed by atoms with Crippen LogP contribution in [-0.2, 0) is 0 Å². The fourth-order valence-electron chi connectivity index (χ4n) is 1.79. The van der Waals surface area contributed by atoms with Crippen LogP contribution < -0.4 is 0 Å². The van der Waals surface area contributed by atoms with Gasteiger partial charge in [0.15, 0.2) is 0 Å². The molecule has 3 radical (unpaired) electrons. The normalized spacial score (nSPS) is 11.5. The van der Waals surface area contributed by atoms with Crippen LogP contribution in [0.3, 0.4) is 0 Å². The van der Waals surface area contributed by atoms with E-state index < -0.39 is 0 Å². The minimum Gasteiger partial charge on any atom is -0.0988 e. The van der Waals surface area contributed by atoms with E-state index in [2.05, 4.69) is 41.5 Å². The second kappa shape index (κ2) is 6.06. The van der Waals surface area contributed by atoms with Gasteiger partial charge in [0.1, 0.15) is 0 Å². The lowest BCUT2D eigenvalue weighted by atomic mass is 10.5. The van der Waals surface area contributed by atoms with E-state index >= 15 is 0 Å². The summed E-state index contributed by atoms with van der Waals surface area (Å²) in [6.45, 7) is 14.1. The van der Waals surface area contributed by atoms with Crippen molar-refractivity contribution in [3.63, 3.8) is 0 Å². The van der Waals surface area contributed by atoms with Crippen molar-refractivity contribution in [1.82, 2.24) is 0 Å². The van der Waals surface area contributed by atoms with Gasteiger partial charge in [0.05, 0.1) is 0 Å². The summed E-state index contributed by atoms with van der Waals surface area (Å²) < 4.78 is 0. The van der Waals surface area contributed by atoms with Crippen LogP contribution in [0.15, 0.2) is 0 Å². The van der Waals surface area contributed by atoms with Gasteiger partial charge in [-0.1, -0.05) is 49.5 Å². The van der Waals surface area contributed by atoms with E-state index in [0.717, 1.165) is 17.0 Å². The first-order chi connectivity index (χ1) is 4.46. The van der Waals surface area contributed by atoms with E-state index in [-0.39, 0.29) is 16.3 Å². The van der Waals surface area contributed by atoms with Gasteiger partial charge in [-0.15, -0.1) is 0 Å². The lowest BCUT2D eigenvalue weighted by Crippen LogP contribution is -2.10. The molecule has 0 aliphatic rings. The molecule has 0 unspecified atom stereocenters. The third kappa shape index (κ3) is 4.85. The molecule has 65 valence electrons. The van der Waals surface area contributed by atoms with Crippen LogP contribution in [0.5, 0.6) is 0 Å². The molecule has 0 aromatic rings. The number of hydrogen-bond donors (Lipinski definition) is 0. The van der Waals surface area contributed by atoms with Crippen molar-refractivity contribution < 1.29 is 0 Å². The Morgan fingerprint density at radius 3 is 0.818 bits per heavy atom. The van der Waals surface area contributed by atoms with Gasteiger partial charge >= 0.3 is 0 Å². The van der Waals surface area contributed by atoms with Crippen LogP contribution in [-0.4, -0.2) is 25.4 Å². The summed E-state index contributed by atoms with van der Waals surface area (Å²) in [6.07, 6.45) is 0. The standard InChI is InChI=1S/C9H21P.B/c1-7(2)10(8(3)4)9(5)6;/h7-9H,1-6H3;. The Balaban J connectivity index is 0. The molecule has 0 aromatic carbocycles. The Morgan fingerprint density at radius 1 is 0.636 bits per heavy atom. The molecule has 2 heteroatoms. The monoisotopic (exact) mass is 171 g/mol. The van der Waals surface area contributed by atoms with Crippen molar-refractivity contribution in [2.24, 2.45) is 0 Å². The summed E-state index contributed by atoms with van der Waals surface area (Å²) in [5.74, 6) is 0. The van der Waals surface area contributed by atoms with E-state index in [1.54, 1.807) is 0 Å². The van der Waals surface area contributed by atoms with Gasteiger partial charge in [0, 0.05) is 8.41 Å². The zero-order valence-electron chi connectivity index (χ0n) is 8.76. The smallest absolute Gasteiger partial charge is 0 e. The first kappa shape index (κ1) is 14.0. The maximum atomic E-state index is 2.35. The summed E-state index contributed by atoms with van der Waals surface area (Å²) in [5, 5.41) is 0. The first-order valence-corrected chi connectivity index (χ1v) is 5.79. The lowest BCUT2D eigenvalue weighted by molar-refractivity contribution is 0.946. The van der Waals surface area contributed by atoms with Gasteiger partial charge in [0.25, 0.3) is 0 Å². The second-order valence-corrected chi connectivity index (χ2v) is 7.72. The Morgan fingerprint density at radius 2 is 0.818 bits per heavy atom. The van der Waals surface area contributed by atoms with Gasteiger partial charge in [-0.05, 0) is 17.0 Å². The van der Waals surface area contributed by atoms with Crippen molar-refractivity contribution in [3.8, 4) is 0 Å². The molecule has 0 rings (SSSR count). The summed E-state index contributed by atoms with van der Waals surface area (Å²) in [6, 6.07) is 0. The molecule has 0 bridgehead atoms. The highest BCUT2D eigenvalue weighted by Crippen LogP contribution is 2.49. The SMILES string of the molecule is CC(C)P(C(C)C)C(C)C.[B]. The molecule has 0 saturated heterocycles. The van der Waals surface area contributed by atoms with Crippen LogP contribution in [0.25, 0.3) is 0 Å². The predicted molar refractivity (Wildman–Crippen MR) is 58.1 cm³/mol. The molecule has 11 heavy (non-hydrogen) atoms. The van der Waals surface area contributed by atoms with Crippen LogP contribution in [0.1, 0.15) is 41.5 Å². The Bertz CT molecular complexity index is 70.5. The molecule has 0 spiro atoms. The highest BCUT2D eigenvalue weighted by Gasteiger charge is 2.19. The number of hydrogen-bond acceptors (Lipinski definition) is 0. The Hall–Kier alpha value is 0.495. The fourth-order valence-corrected chi connectivity index (χ4v) is 5.37. The van der Waals surface area contributed by atoms with Crippen LogP contribution in [0.2, 0.25) is 0 Å². The Labute approximate surface area is 75.5 Å². The van der Waals surface area contributed by atoms with E-state index in [4.69, 9.17) is 0 Å². The molecular formula is C9H21BP. The zero-order chi connectivity index (χ0) is 8.31. The first-order valence-electron chi connectivity index (χ1n) is 4.24. The summed E-state index contributed by atoms with van der Waals surface area (Å²) in [4.78, 5) is 0. The molecule has 0 N–H and O–H groups in total. The zero-order valence-corrected chi connectivity index (χ0v) is 9.65. The van der Waals surface area contributed by atoms with Crippen molar-refractivity contribution in [2.45, 2.75) is 58.5 Å². The number of rotatable bonds is 3. The van der Waals surface area contributed by atoms with E-state index in [9.17, 15) is 0 Å². The highest BCUT2D eigenvalue weighted by atomic mass is 31.1. The maximum Gasteiger partial charge on any atom is 0 e. The molecular weight excluding hydrogens is 150 g/mol. The van der Waals surface area contributed by atoms with Crippen molar-refractivity contribution in [3.05, 3.63) is 0 Å². The van der Waals surface area contributed by atoms with Crippen LogP contribution >= 0.6 is 7.92 Å². The summed E-state index contributed by atoms with van der Waals surface area (Å²) in [5.41, 5.74) is 2.69. The fraction of sp³-hybridized carbons (Fsp3) is 1.00. The second-order valence-electron chi connectivity index (χ2n) is 3.73. The Kier molecular flexibility index (Phi) is 7.74. The minimum absolute atomic E-state index is 0. The molecule has 0 heterocycles. The van der Waals surface area contributed by atoms with E-state index in [1.807, 2.05) is 0 Å². The van der Waals surface area contributed by atoms with Gasteiger partial charge in [-0.25, -0.2) is 0 Å². The lowest BCUT2D eigenvalue weighted by Gasteiger charge is -2.29. The van der Waals surface area contributed by atoms with Crippen molar-refractivity contribution in [2.75, 3.05) is 0 Å². The van der Waals surface area contributed by atoms with Crippen LogP contribution in [0.4, 0.5) is 0 Å². The van der Waals surface area contributed by atoms with Gasteiger partial charge in [-0.2, -0.15) is 0 Å². The predicted octanol–water partition coefficient (Wildman–Crippen LogP) is 3.31. The molecule has 0 aromatic heterocycles. The van der Waals surface area contributed by atoms with Gasteiger partial charge in [0.2, 0.25) is 0 Å². The summed E-state index contributed by atoms with van der Waals surface area (Å²) in [7, 11) is 0.262. The van der Waals surface area contributed by atoms with Gasteiger partial charge < -0.3 is 0 Å². The average molecular weight is 171 g/mol. The molecule has 0 atom stereocenters. The third-order valence-corrected chi connectivity index (χ3v) is 5.37. The largest absolute Gasteiger partial charge is 0.0988 e. The molecule has 0 saturated carbocycles. The molecule has 0 amide bonds. The topological polar surface area (TPSA) is 0 Å². The summed E-state index contributed by atoms with van der Waals surface area (Å²) >= 11 is 0. The van der Waals surface area contributed by atoms with Crippen molar-refractivity contribution >= 4 is 16.3 Å². The van der Waals surface area contributed by atoms with E-state index in [1.165, 1.54) is 0 Å². The molecule has 0 nitrogen and oxygen atoms in total. The average Bonchev–Trinajstić information content (AvgIpc) is 1.59. The molecule has 0 aliphatic heterocycles. The third-order valence-electron chi connectivity index (χ3n) is 1.79. The van der Waals surface area contributed by atoms with Gasteiger partial charge in [-0.3, -0.25) is 0 Å². The molecule has 0 aliphatic carbocycles.